The zero-order valence-electron chi connectivity index (χ0n) is 21.8. The van der Waals surface area contributed by atoms with Crippen LogP contribution >= 0.6 is 11.3 Å². The van der Waals surface area contributed by atoms with Crippen LogP contribution in [0.3, 0.4) is 0 Å². The lowest BCUT2D eigenvalue weighted by molar-refractivity contribution is 0.000322. The maximum Gasteiger partial charge on any atom is 0.209 e. The maximum atomic E-state index is 6.38. The largest absolute Gasteiger partial charge is 0.485 e. The molecule has 190 valence electrons. The molecule has 4 aromatic rings. The summed E-state index contributed by atoms with van der Waals surface area (Å²) < 4.78 is 18.1. The predicted molar refractivity (Wildman–Crippen MR) is 144 cm³/mol. The molecule has 0 fully saturated rings. The lowest BCUT2D eigenvalue weighted by atomic mass is 10.0. The number of nitrogens with zero attached hydrogens (tertiary/aromatic N) is 3. The lowest BCUT2D eigenvalue weighted by Crippen LogP contribution is -2.34. The highest BCUT2D eigenvalue weighted by Crippen LogP contribution is 2.30. The Labute approximate surface area is 217 Å². The Balaban J connectivity index is 1.52. The third-order valence-electron chi connectivity index (χ3n) is 5.77. The minimum Gasteiger partial charge on any atom is -0.485 e. The molecule has 2 aromatic carbocycles. The maximum absolute atomic E-state index is 6.38. The summed E-state index contributed by atoms with van der Waals surface area (Å²) in [6, 6.07) is 14.5. The first-order valence-corrected chi connectivity index (χ1v) is 13.2. The summed E-state index contributed by atoms with van der Waals surface area (Å²) in [6.45, 7) is 13.6. The van der Waals surface area contributed by atoms with Crippen molar-refractivity contribution in [1.29, 1.82) is 0 Å². The summed E-state index contributed by atoms with van der Waals surface area (Å²) in [5.41, 5.74) is 4.08. The fourth-order valence-electron chi connectivity index (χ4n) is 4.20. The van der Waals surface area contributed by atoms with Crippen molar-refractivity contribution in [3.05, 3.63) is 87.8 Å². The molecule has 0 unspecified atom stereocenters. The van der Waals surface area contributed by atoms with Gasteiger partial charge in [-0.05, 0) is 51.3 Å². The minimum absolute atomic E-state index is 0.397. The monoisotopic (exact) mass is 505 g/mol. The molecule has 0 saturated heterocycles. The van der Waals surface area contributed by atoms with Crippen molar-refractivity contribution in [2.75, 3.05) is 13.2 Å². The third-order valence-corrected chi connectivity index (χ3v) is 6.54. The average Bonchev–Trinajstić information content (AvgIpc) is 3.53. The Hall–Kier alpha value is -3.00. The van der Waals surface area contributed by atoms with Gasteiger partial charge >= 0.3 is 0 Å². The molecule has 2 aromatic heterocycles. The summed E-state index contributed by atoms with van der Waals surface area (Å²) in [4.78, 5) is 11.4. The van der Waals surface area contributed by atoms with Gasteiger partial charge in [0.05, 0.1) is 25.9 Å². The van der Waals surface area contributed by atoms with Crippen LogP contribution in [0.2, 0.25) is 0 Å². The van der Waals surface area contributed by atoms with Gasteiger partial charge in [0.15, 0.2) is 5.76 Å². The van der Waals surface area contributed by atoms with Crippen LogP contribution in [-0.2, 0) is 24.4 Å². The smallest absolute Gasteiger partial charge is 0.209 e. The van der Waals surface area contributed by atoms with Gasteiger partial charge in [-0.2, -0.15) is 0 Å². The molecule has 0 amide bonds. The molecule has 0 aliphatic rings. The molecule has 4 rings (SSSR count). The zero-order chi connectivity index (χ0) is 25.5. The van der Waals surface area contributed by atoms with Crippen LogP contribution < -0.4 is 4.74 Å². The van der Waals surface area contributed by atoms with E-state index in [9.17, 15) is 0 Å². The van der Waals surface area contributed by atoms with Gasteiger partial charge in [-0.15, -0.1) is 11.3 Å². The highest BCUT2D eigenvalue weighted by Gasteiger charge is 2.23. The topological polar surface area (TPSA) is 60.6 Å². The Bertz CT molecular complexity index is 1210. The van der Waals surface area contributed by atoms with Crippen LogP contribution in [0.4, 0.5) is 0 Å². The number of aromatic nitrogens is 2. The first-order chi connectivity index (χ1) is 17.3. The fourth-order valence-corrected chi connectivity index (χ4v) is 4.86. The van der Waals surface area contributed by atoms with E-state index in [1.807, 2.05) is 48.8 Å². The van der Waals surface area contributed by atoms with Gasteiger partial charge in [0.2, 0.25) is 5.89 Å². The predicted octanol–water partition coefficient (Wildman–Crippen LogP) is 6.81. The van der Waals surface area contributed by atoms with Crippen LogP contribution in [0, 0.1) is 13.8 Å². The number of rotatable bonds is 12. The molecule has 36 heavy (non-hydrogen) atoms. The van der Waals surface area contributed by atoms with Crippen LogP contribution in [0.15, 0.2) is 64.7 Å². The molecule has 0 aliphatic heterocycles. The number of hydrogen-bond donors (Lipinski definition) is 0. The van der Waals surface area contributed by atoms with Crippen molar-refractivity contribution in [3.8, 4) is 17.1 Å². The number of oxazole rings is 1. The van der Waals surface area contributed by atoms with Crippen LogP contribution in [0.5, 0.6) is 5.75 Å². The summed E-state index contributed by atoms with van der Waals surface area (Å²) in [5, 5.41) is 3.08. The van der Waals surface area contributed by atoms with E-state index in [0.29, 0.717) is 25.6 Å². The van der Waals surface area contributed by atoms with E-state index in [-0.39, 0.29) is 0 Å². The summed E-state index contributed by atoms with van der Waals surface area (Å²) in [5.74, 6) is 2.40. The van der Waals surface area contributed by atoms with E-state index >= 15 is 0 Å². The van der Waals surface area contributed by atoms with Gasteiger partial charge in [0.1, 0.15) is 16.4 Å². The second kappa shape index (κ2) is 11.8. The molecule has 0 aliphatic carbocycles. The molecule has 0 radical (unpaired) electrons. The van der Waals surface area contributed by atoms with E-state index in [1.54, 1.807) is 17.5 Å². The summed E-state index contributed by atoms with van der Waals surface area (Å²) >= 11 is 1.66. The number of ether oxygens (including phenoxy) is 2. The number of aryl methyl sites for hydroxylation is 2. The van der Waals surface area contributed by atoms with Gasteiger partial charge in [0, 0.05) is 30.3 Å². The second-order valence-corrected chi connectivity index (χ2v) is 10.6. The Morgan fingerprint density at radius 2 is 1.75 bits per heavy atom. The Morgan fingerprint density at radius 3 is 2.42 bits per heavy atom. The number of hydrogen-bond acceptors (Lipinski definition) is 7. The fraction of sp³-hybridized carbons (Fsp3) is 0.379. The van der Waals surface area contributed by atoms with E-state index < -0.39 is 5.60 Å². The first kappa shape index (κ1) is 26.1. The highest BCUT2D eigenvalue weighted by molar-refractivity contribution is 7.09. The summed E-state index contributed by atoms with van der Waals surface area (Å²) in [6.07, 6.45) is 3.65. The Kier molecular flexibility index (Phi) is 8.56. The van der Waals surface area contributed by atoms with Crippen molar-refractivity contribution >= 4 is 11.3 Å². The molecule has 0 bridgehead atoms. The van der Waals surface area contributed by atoms with Crippen LogP contribution in [0.25, 0.3) is 11.3 Å². The molecule has 0 saturated carbocycles. The number of thiazole rings is 1. The lowest BCUT2D eigenvalue weighted by Gasteiger charge is -2.29. The molecule has 2 heterocycles. The van der Waals surface area contributed by atoms with Gasteiger partial charge in [-0.1, -0.05) is 42.5 Å². The van der Waals surface area contributed by atoms with E-state index in [4.69, 9.17) is 13.9 Å². The molecular weight excluding hydrogens is 470 g/mol. The molecule has 7 heteroatoms. The SMILES string of the molecule is CCOCC(C)(C)Oc1c(C)cc(CN(Cc2ncc(-c3ccccc3)o2)Cc2nccs2)cc1C. The normalized spacial score (nSPS) is 11.8. The highest BCUT2D eigenvalue weighted by atomic mass is 32.1. The van der Waals surface area contributed by atoms with Crippen LogP contribution in [-0.4, -0.2) is 33.7 Å². The molecule has 0 spiro atoms. The van der Waals surface area contributed by atoms with Crippen molar-refractivity contribution in [2.45, 2.75) is 59.9 Å². The van der Waals surface area contributed by atoms with Gasteiger partial charge in [-0.3, -0.25) is 4.90 Å². The molecular formula is C29H35N3O3S. The van der Waals surface area contributed by atoms with Gasteiger partial charge in [0.25, 0.3) is 0 Å². The second-order valence-electron chi connectivity index (χ2n) is 9.61. The van der Waals surface area contributed by atoms with Crippen molar-refractivity contribution in [1.82, 2.24) is 14.9 Å². The van der Waals surface area contributed by atoms with Crippen molar-refractivity contribution in [3.63, 3.8) is 0 Å². The third kappa shape index (κ3) is 7.03. The average molecular weight is 506 g/mol. The molecule has 0 atom stereocenters. The van der Waals surface area contributed by atoms with Crippen molar-refractivity contribution < 1.29 is 13.9 Å². The standard InChI is InChI=1S/C29H35N3O3S/c1-6-33-20-29(4,5)35-28-21(2)14-23(15-22(28)3)17-32(19-27-30-12-13-36-27)18-26-31-16-25(34-26)24-10-8-7-9-11-24/h7-16H,6,17-20H2,1-5H3. The quantitative estimate of drug-likeness (QED) is 0.211. The summed E-state index contributed by atoms with van der Waals surface area (Å²) in [7, 11) is 0. The first-order valence-electron chi connectivity index (χ1n) is 12.3. The zero-order valence-corrected chi connectivity index (χ0v) is 22.6. The van der Waals surface area contributed by atoms with E-state index in [2.05, 4.69) is 54.7 Å². The van der Waals surface area contributed by atoms with Gasteiger partial charge in [-0.25, -0.2) is 9.97 Å². The van der Waals surface area contributed by atoms with E-state index in [0.717, 1.165) is 46.3 Å². The molecule has 6 nitrogen and oxygen atoms in total. The van der Waals surface area contributed by atoms with Crippen LogP contribution in [0.1, 0.15) is 48.4 Å². The van der Waals surface area contributed by atoms with Crippen molar-refractivity contribution in [2.24, 2.45) is 0 Å². The Morgan fingerprint density at radius 1 is 1.00 bits per heavy atom. The number of benzene rings is 2. The molecule has 0 N–H and O–H groups in total. The van der Waals surface area contributed by atoms with Gasteiger partial charge < -0.3 is 13.9 Å². The minimum atomic E-state index is -0.397. The van der Waals surface area contributed by atoms with E-state index in [1.165, 1.54) is 5.56 Å².